The molecule has 0 radical (unpaired) electrons. The Morgan fingerprint density at radius 3 is 2.22 bits per heavy atom. The Hall–Kier alpha value is -1.90. The molecule has 1 amide bonds. The summed E-state index contributed by atoms with van der Waals surface area (Å²) in [5.74, 6) is -0.163. The molecule has 122 valence electrons. The third kappa shape index (κ3) is 5.66. The van der Waals surface area contributed by atoms with Crippen LogP contribution in [0, 0.1) is 0 Å². The predicted octanol–water partition coefficient (Wildman–Crippen LogP) is 1.82. The molecule has 0 unspecified atom stereocenters. The minimum atomic E-state index is -3.69. The Balaban J connectivity index is 1.81. The highest BCUT2D eigenvalue weighted by Gasteiger charge is 2.07. The van der Waals surface area contributed by atoms with Crippen LogP contribution in [0.3, 0.4) is 0 Å². The van der Waals surface area contributed by atoms with E-state index in [9.17, 15) is 13.2 Å². The Morgan fingerprint density at radius 2 is 1.65 bits per heavy atom. The van der Waals surface area contributed by atoms with Gasteiger partial charge < -0.3 is 10.6 Å². The fourth-order valence-corrected chi connectivity index (χ4v) is 2.59. The van der Waals surface area contributed by atoms with Gasteiger partial charge in [-0.3, -0.25) is 4.79 Å². The van der Waals surface area contributed by atoms with Gasteiger partial charge in [0.25, 0.3) is 0 Å². The lowest BCUT2D eigenvalue weighted by Crippen LogP contribution is -2.29. The van der Waals surface area contributed by atoms with Gasteiger partial charge in [0.05, 0.1) is 11.4 Å². The van der Waals surface area contributed by atoms with Crippen molar-refractivity contribution in [3.8, 4) is 0 Å². The number of primary sulfonamides is 1. The van der Waals surface area contributed by atoms with E-state index < -0.39 is 10.0 Å². The molecule has 0 aliphatic carbocycles. The third-order valence-corrected chi connectivity index (χ3v) is 4.50. The monoisotopic (exact) mass is 397 g/mol. The smallest absolute Gasteiger partial charge is 0.239 e. The van der Waals surface area contributed by atoms with E-state index in [1.54, 1.807) is 12.1 Å². The molecular formula is C15H16BrN3O3S. The van der Waals surface area contributed by atoms with E-state index in [0.29, 0.717) is 6.54 Å². The Labute approximate surface area is 143 Å². The second-order valence-electron chi connectivity index (χ2n) is 4.83. The first-order valence-corrected chi connectivity index (χ1v) is 9.06. The lowest BCUT2D eigenvalue weighted by Gasteiger charge is -2.08. The van der Waals surface area contributed by atoms with Crippen LogP contribution in [0.25, 0.3) is 0 Å². The zero-order chi connectivity index (χ0) is 16.9. The van der Waals surface area contributed by atoms with Gasteiger partial charge in [-0.25, -0.2) is 13.6 Å². The van der Waals surface area contributed by atoms with E-state index in [1.165, 1.54) is 12.1 Å². The molecule has 0 aliphatic rings. The zero-order valence-corrected chi connectivity index (χ0v) is 14.5. The van der Waals surface area contributed by atoms with Crippen LogP contribution in [0.1, 0.15) is 5.56 Å². The molecule has 6 nitrogen and oxygen atoms in total. The van der Waals surface area contributed by atoms with Gasteiger partial charge in [-0.1, -0.05) is 28.1 Å². The number of sulfonamides is 1. The first kappa shape index (κ1) is 17.5. The highest BCUT2D eigenvalue weighted by atomic mass is 79.9. The van der Waals surface area contributed by atoms with Crippen LogP contribution in [0.4, 0.5) is 5.69 Å². The molecule has 4 N–H and O–H groups in total. The molecule has 0 saturated heterocycles. The second-order valence-corrected chi connectivity index (χ2v) is 7.30. The number of carbonyl (C=O) groups excluding carboxylic acids is 1. The van der Waals surface area contributed by atoms with Gasteiger partial charge >= 0.3 is 0 Å². The molecule has 0 atom stereocenters. The second kappa shape index (κ2) is 7.58. The number of benzene rings is 2. The lowest BCUT2D eigenvalue weighted by atomic mass is 10.2. The summed E-state index contributed by atoms with van der Waals surface area (Å²) in [6.07, 6.45) is 0. The maximum atomic E-state index is 11.8. The number of anilines is 1. The Kier molecular flexibility index (Phi) is 5.75. The highest BCUT2D eigenvalue weighted by molar-refractivity contribution is 9.10. The molecule has 8 heteroatoms. The van der Waals surface area contributed by atoms with Crippen molar-refractivity contribution in [3.63, 3.8) is 0 Å². The molecule has 0 heterocycles. The normalized spacial score (nSPS) is 11.0. The average molecular weight is 398 g/mol. The number of hydrogen-bond donors (Lipinski definition) is 3. The van der Waals surface area contributed by atoms with Crippen LogP contribution in [-0.4, -0.2) is 20.9 Å². The Morgan fingerprint density at radius 1 is 1.04 bits per heavy atom. The molecule has 2 rings (SSSR count). The standard InChI is InChI=1S/C15H16BrN3O3S/c16-12-3-5-13(6-4-12)18-10-15(20)19-9-11-1-7-14(8-2-11)23(17,21)22/h1-8,18H,9-10H2,(H,19,20)(H2,17,21,22). The summed E-state index contributed by atoms with van der Waals surface area (Å²) < 4.78 is 23.3. The van der Waals surface area contributed by atoms with Crippen molar-refractivity contribution < 1.29 is 13.2 Å². The van der Waals surface area contributed by atoms with Crippen LogP contribution in [0.2, 0.25) is 0 Å². The maximum absolute atomic E-state index is 11.8. The average Bonchev–Trinajstić information content (AvgIpc) is 2.52. The first-order valence-electron chi connectivity index (χ1n) is 6.72. The fraction of sp³-hybridized carbons (Fsp3) is 0.133. The van der Waals surface area contributed by atoms with Crippen LogP contribution >= 0.6 is 15.9 Å². The van der Waals surface area contributed by atoms with E-state index in [-0.39, 0.29) is 17.3 Å². The van der Waals surface area contributed by atoms with Crippen LogP contribution in [0.5, 0.6) is 0 Å². The first-order chi connectivity index (χ1) is 10.8. The summed E-state index contributed by atoms with van der Waals surface area (Å²) in [5.41, 5.74) is 1.63. The van der Waals surface area contributed by atoms with Gasteiger partial charge in [-0.05, 0) is 42.0 Å². The fourth-order valence-electron chi connectivity index (χ4n) is 1.81. The van der Waals surface area contributed by atoms with E-state index in [1.807, 2.05) is 24.3 Å². The molecule has 0 fully saturated rings. The lowest BCUT2D eigenvalue weighted by molar-refractivity contribution is -0.119. The summed E-state index contributed by atoms with van der Waals surface area (Å²) >= 11 is 3.34. The number of rotatable bonds is 6. The topological polar surface area (TPSA) is 101 Å². The van der Waals surface area contributed by atoms with Crippen LogP contribution in [-0.2, 0) is 21.4 Å². The minimum Gasteiger partial charge on any atom is -0.376 e. The van der Waals surface area contributed by atoms with E-state index in [2.05, 4.69) is 26.6 Å². The molecule has 0 aliphatic heterocycles. The number of halogens is 1. The molecule has 0 spiro atoms. The quantitative estimate of drug-likeness (QED) is 0.691. The molecule has 0 saturated carbocycles. The van der Waals surface area contributed by atoms with Gasteiger partial charge in [0.1, 0.15) is 0 Å². The van der Waals surface area contributed by atoms with E-state index in [4.69, 9.17) is 5.14 Å². The molecular weight excluding hydrogens is 382 g/mol. The van der Waals surface area contributed by atoms with Gasteiger partial charge in [-0.15, -0.1) is 0 Å². The number of nitrogens with two attached hydrogens (primary N) is 1. The highest BCUT2D eigenvalue weighted by Crippen LogP contribution is 2.13. The molecule has 2 aromatic rings. The number of hydrogen-bond acceptors (Lipinski definition) is 4. The number of nitrogens with one attached hydrogen (secondary N) is 2. The summed E-state index contributed by atoms with van der Waals surface area (Å²) in [6, 6.07) is 13.5. The largest absolute Gasteiger partial charge is 0.376 e. The SMILES string of the molecule is NS(=O)(=O)c1ccc(CNC(=O)CNc2ccc(Br)cc2)cc1. The van der Waals surface area contributed by atoms with Crippen molar-refractivity contribution in [2.45, 2.75) is 11.4 Å². The number of amides is 1. The van der Waals surface area contributed by atoms with Crippen molar-refractivity contribution in [3.05, 3.63) is 58.6 Å². The van der Waals surface area contributed by atoms with Gasteiger partial charge in [0.2, 0.25) is 15.9 Å². The predicted molar refractivity (Wildman–Crippen MR) is 92.3 cm³/mol. The molecule has 0 aromatic heterocycles. The van der Waals surface area contributed by atoms with Gasteiger partial charge in [0, 0.05) is 16.7 Å². The minimum absolute atomic E-state index is 0.0458. The van der Waals surface area contributed by atoms with Crippen molar-refractivity contribution in [2.75, 3.05) is 11.9 Å². The summed E-state index contributed by atoms with van der Waals surface area (Å²) in [4.78, 5) is 11.8. The van der Waals surface area contributed by atoms with Crippen LogP contribution in [0.15, 0.2) is 57.9 Å². The maximum Gasteiger partial charge on any atom is 0.239 e. The van der Waals surface area contributed by atoms with Gasteiger partial charge in [-0.2, -0.15) is 0 Å². The van der Waals surface area contributed by atoms with E-state index >= 15 is 0 Å². The van der Waals surface area contributed by atoms with Crippen molar-refractivity contribution in [1.82, 2.24) is 5.32 Å². The van der Waals surface area contributed by atoms with Crippen molar-refractivity contribution in [2.24, 2.45) is 5.14 Å². The third-order valence-electron chi connectivity index (χ3n) is 3.04. The molecule has 2 aromatic carbocycles. The van der Waals surface area contributed by atoms with Crippen molar-refractivity contribution >= 4 is 37.5 Å². The summed E-state index contributed by atoms with van der Waals surface area (Å²) in [7, 11) is -3.69. The summed E-state index contributed by atoms with van der Waals surface area (Å²) in [5, 5.41) is 10.8. The molecule has 23 heavy (non-hydrogen) atoms. The van der Waals surface area contributed by atoms with Crippen molar-refractivity contribution in [1.29, 1.82) is 0 Å². The zero-order valence-electron chi connectivity index (χ0n) is 12.1. The van der Waals surface area contributed by atoms with Gasteiger partial charge in [0.15, 0.2) is 0 Å². The summed E-state index contributed by atoms with van der Waals surface area (Å²) in [6.45, 7) is 0.461. The molecule has 0 bridgehead atoms. The van der Waals surface area contributed by atoms with Crippen LogP contribution < -0.4 is 15.8 Å². The number of carbonyl (C=O) groups is 1. The van der Waals surface area contributed by atoms with E-state index in [0.717, 1.165) is 15.7 Å². The Bertz CT molecular complexity index is 775.